The topological polar surface area (TPSA) is 73.9 Å². The zero-order valence-corrected chi connectivity index (χ0v) is 13.6. The van der Waals surface area contributed by atoms with Crippen LogP contribution in [0.25, 0.3) is 0 Å². The molecule has 0 radical (unpaired) electrons. The number of rotatable bonds is 4. The van der Waals surface area contributed by atoms with E-state index in [4.69, 9.17) is 4.74 Å². The summed E-state index contributed by atoms with van der Waals surface area (Å²) in [6.45, 7) is 12.4. The molecule has 3 amide bonds. The maximum atomic E-state index is 11.9. The normalized spacial score (nSPS) is 16.5. The molecule has 122 valence electrons. The molecule has 0 saturated carbocycles. The Hall–Kier alpha value is -1.50. The molecule has 0 aromatic heterocycles. The van der Waals surface area contributed by atoms with Crippen molar-refractivity contribution in [3.05, 3.63) is 0 Å². The van der Waals surface area contributed by atoms with Crippen LogP contribution in [0, 0.1) is 0 Å². The van der Waals surface area contributed by atoms with Crippen molar-refractivity contribution in [2.45, 2.75) is 33.3 Å². The molecule has 1 heterocycles. The first-order valence-corrected chi connectivity index (χ1v) is 7.54. The van der Waals surface area contributed by atoms with Crippen molar-refractivity contribution in [1.82, 2.24) is 20.4 Å². The fourth-order valence-electron chi connectivity index (χ4n) is 2.03. The first-order chi connectivity index (χ1) is 9.81. The van der Waals surface area contributed by atoms with E-state index >= 15 is 0 Å². The second-order valence-electron chi connectivity index (χ2n) is 6.10. The highest BCUT2D eigenvalue weighted by Gasteiger charge is 2.25. The molecule has 21 heavy (non-hydrogen) atoms. The molecule has 7 nitrogen and oxygen atoms in total. The number of carbonyl (C=O) groups excluding carboxylic acids is 2. The van der Waals surface area contributed by atoms with Gasteiger partial charge < -0.3 is 20.3 Å². The summed E-state index contributed by atoms with van der Waals surface area (Å²) in [4.78, 5) is 27.1. The van der Waals surface area contributed by atoms with Crippen molar-refractivity contribution >= 4 is 12.1 Å². The van der Waals surface area contributed by atoms with E-state index in [1.165, 1.54) is 0 Å². The van der Waals surface area contributed by atoms with Crippen LogP contribution < -0.4 is 10.6 Å². The number of hydrogen-bond donors (Lipinski definition) is 2. The van der Waals surface area contributed by atoms with Crippen molar-refractivity contribution in [2.75, 3.05) is 45.8 Å². The predicted octanol–water partition coefficient (Wildman–Crippen LogP) is 0.858. The standard InChI is InChI=1S/C14H28N4O3/c1-5-15-12(19)16-6-7-17-8-10-18(11-9-17)13(20)21-14(2,3)4/h5-11H2,1-4H3,(H2,15,16,19). The Bertz CT molecular complexity index is 347. The zero-order valence-electron chi connectivity index (χ0n) is 13.6. The first-order valence-electron chi connectivity index (χ1n) is 7.54. The number of amides is 3. The van der Waals surface area contributed by atoms with Gasteiger partial charge in [-0.1, -0.05) is 0 Å². The first kappa shape index (κ1) is 17.6. The summed E-state index contributed by atoms with van der Waals surface area (Å²) in [6.07, 6.45) is -0.248. The Morgan fingerprint density at radius 3 is 2.24 bits per heavy atom. The Balaban J connectivity index is 2.20. The van der Waals surface area contributed by atoms with Crippen molar-refractivity contribution in [2.24, 2.45) is 0 Å². The highest BCUT2D eigenvalue weighted by molar-refractivity contribution is 5.73. The molecule has 0 atom stereocenters. The largest absolute Gasteiger partial charge is 0.444 e. The molecule has 0 aromatic carbocycles. The van der Waals surface area contributed by atoms with Gasteiger partial charge >= 0.3 is 12.1 Å². The van der Waals surface area contributed by atoms with Gasteiger partial charge in [-0.05, 0) is 27.7 Å². The third-order valence-corrected chi connectivity index (χ3v) is 3.07. The predicted molar refractivity (Wildman–Crippen MR) is 81.3 cm³/mol. The summed E-state index contributed by atoms with van der Waals surface area (Å²) in [7, 11) is 0. The van der Waals surface area contributed by atoms with Gasteiger partial charge in [-0.2, -0.15) is 0 Å². The smallest absolute Gasteiger partial charge is 0.410 e. The molecule has 1 saturated heterocycles. The van der Waals surface area contributed by atoms with E-state index in [9.17, 15) is 9.59 Å². The number of piperazine rings is 1. The minimum absolute atomic E-state index is 0.134. The van der Waals surface area contributed by atoms with E-state index < -0.39 is 5.60 Å². The third-order valence-electron chi connectivity index (χ3n) is 3.07. The van der Waals surface area contributed by atoms with Gasteiger partial charge in [0.05, 0.1) is 0 Å². The van der Waals surface area contributed by atoms with Gasteiger partial charge in [0, 0.05) is 45.8 Å². The average molecular weight is 300 g/mol. The van der Waals surface area contributed by atoms with Crippen LogP contribution in [0.4, 0.5) is 9.59 Å². The van der Waals surface area contributed by atoms with Gasteiger partial charge in [0.25, 0.3) is 0 Å². The van der Waals surface area contributed by atoms with Crippen LogP contribution in [0.1, 0.15) is 27.7 Å². The number of nitrogens with one attached hydrogen (secondary N) is 2. The molecule has 1 aliphatic rings. The maximum Gasteiger partial charge on any atom is 0.410 e. The molecule has 0 aliphatic carbocycles. The van der Waals surface area contributed by atoms with Crippen LogP contribution in [0.5, 0.6) is 0 Å². The minimum Gasteiger partial charge on any atom is -0.444 e. The summed E-state index contributed by atoms with van der Waals surface area (Å²) in [5.74, 6) is 0. The fourth-order valence-corrected chi connectivity index (χ4v) is 2.03. The molecule has 0 bridgehead atoms. The van der Waals surface area contributed by atoms with Gasteiger partial charge in [0.2, 0.25) is 0 Å². The lowest BCUT2D eigenvalue weighted by atomic mass is 10.2. The minimum atomic E-state index is -0.454. The molecular weight excluding hydrogens is 272 g/mol. The van der Waals surface area contributed by atoms with Crippen LogP contribution in [-0.4, -0.2) is 73.3 Å². The summed E-state index contributed by atoms with van der Waals surface area (Å²) >= 11 is 0. The van der Waals surface area contributed by atoms with Crippen molar-refractivity contribution in [3.8, 4) is 0 Å². The van der Waals surface area contributed by atoms with E-state index in [1.54, 1.807) is 4.90 Å². The summed E-state index contributed by atoms with van der Waals surface area (Å²) in [5.41, 5.74) is -0.454. The Morgan fingerprint density at radius 2 is 1.71 bits per heavy atom. The second-order valence-corrected chi connectivity index (χ2v) is 6.10. The van der Waals surface area contributed by atoms with Crippen LogP contribution in [-0.2, 0) is 4.74 Å². The molecule has 1 rings (SSSR count). The van der Waals surface area contributed by atoms with Crippen LogP contribution in [0.15, 0.2) is 0 Å². The highest BCUT2D eigenvalue weighted by Crippen LogP contribution is 2.11. The molecule has 0 unspecified atom stereocenters. The lowest BCUT2D eigenvalue weighted by molar-refractivity contribution is 0.0147. The van der Waals surface area contributed by atoms with Gasteiger partial charge in [0.15, 0.2) is 0 Å². The number of urea groups is 1. The van der Waals surface area contributed by atoms with E-state index in [2.05, 4.69) is 15.5 Å². The summed E-state index contributed by atoms with van der Waals surface area (Å²) in [5, 5.41) is 5.49. The molecule has 7 heteroatoms. The SMILES string of the molecule is CCNC(=O)NCCN1CCN(C(=O)OC(C)(C)C)CC1. The van der Waals surface area contributed by atoms with Crippen molar-refractivity contribution < 1.29 is 14.3 Å². The Morgan fingerprint density at radius 1 is 1.10 bits per heavy atom. The van der Waals surface area contributed by atoms with Gasteiger partial charge in [-0.3, -0.25) is 4.90 Å². The fraction of sp³-hybridized carbons (Fsp3) is 0.857. The van der Waals surface area contributed by atoms with Gasteiger partial charge in [0.1, 0.15) is 5.60 Å². The molecule has 1 fully saturated rings. The highest BCUT2D eigenvalue weighted by atomic mass is 16.6. The molecule has 2 N–H and O–H groups in total. The second kappa shape index (κ2) is 8.07. The number of hydrogen-bond acceptors (Lipinski definition) is 4. The lowest BCUT2D eigenvalue weighted by Gasteiger charge is -2.35. The van der Waals surface area contributed by atoms with E-state index in [0.29, 0.717) is 26.2 Å². The molecule has 0 spiro atoms. The van der Waals surface area contributed by atoms with E-state index in [1.807, 2.05) is 27.7 Å². The Labute approximate surface area is 127 Å². The summed E-state index contributed by atoms with van der Waals surface area (Å²) < 4.78 is 5.36. The molecule has 1 aliphatic heterocycles. The third kappa shape index (κ3) is 7.17. The Kier molecular flexibility index (Phi) is 6.74. The van der Waals surface area contributed by atoms with Crippen LogP contribution in [0.3, 0.4) is 0 Å². The van der Waals surface area contributed by atoms with Crippen molar-refractivity contribution in [1.29, 1.82) is 0 Å². The summed E-state index contributed by atoms with van der Waals surface area (Å²) in [6, 6.07) is -0.134. The van der Waals surface area contributed by atoms with Crippen LogP contribution >= 0.6 is 0 Å². The molecular formula is C14H28N4O3. The van der Waals surface area contributed by atoms with E-state index in [-0.39, 0.29) is 12.1 Å². The lowest BCUT2D eigenvalue weighted by Crippen LogP contribution is -2.51. The molecule has 0 aromatic rings. The maximum absolute atomic E-state index is 11.9. The zero-order chi connectivity index (χ0) is 15.9. The van der Waals surface area contributed by atoms with Gasteiger partial charge in [-0.15, -0.1) is 0 Å². The van der Waals surface area contributed by atoms with Gasteiger partial charge in [-0.25, -0.2) is 9.59 Å². The monoisotopic (exact) mass is 300 g/mol. The number of carbonyl (C=O) groups is 2. The van der Waals surface area contributed by atoms with Crippen molar-refractivity contribution in [3.63, 3.8) is 0 Å². The average Bonchev–Trinajstić information content (AvgIpc) is 2.38. The quantitative estimate of drug-likeness (QED) is 0.807. The number of ether oxygens (including phenoxy) is 1. The number of nitrogens with zero attached hydrogens (tertiary/aromatic N) is 2. The van der Waals surface area contributed by atoms with E-state index in [0.717, 1.165) is 19.6 Å². The van der Waals surface area contributed by atoms with Crippen LogP contribution in [0.2, 0.25) is 0 Å².